The Labute approximate surface area is 156 Å². The molecule has 4 amide bonds. The number of aryl methyl sites for hydroxylation is 1. The molecule has 0 spiro atoms. The summed E-state index contributed by atoms with van der Waals surface area (Å²) in [7, 11) is 1.56. The number of methoxy groups -OCH3 is 1. The maximum atomic E-state index is 12.9. The van der Waals surface area contributed by atoms with Crippen molar-refractivity contribution in [1.29, 1.82) is 0 Å². The zero-order valence-electron chi connectivity index (χ0n) is 15.4. The average Bonchev–Trinajstić information content (AvgIpc) is 3.23. The fourth-order valence-corrected chi connectivity index (χ4v) is 3.02. The number of ether oxygens (including phenoxy) is 1. The number of benzene rings is 1. The van der Waals surface area contributed by atoms with E-state index < -0.39 is 23.4 Å². The van der Waals surface area contributed by atoms with Crippen molar-refractivity contribution in [2.24, 2.45) is 0 Å². The van der Waals surface area contributed by atoms with Crippen molar-refractivity contribution in [2.75, 3.05) is 13.7 Å². The van der Waals surface area contributed by atoms with Crippen molar-refractivity contribution in [1.82, 2.24) is 15.5 Å². The molecule has 1 aromatic carbocycles. The largest absolute Gasteiger partial charge is 0.496 e. The Balaban J connectivity index is 1.72. The number of rotatable bonds is 6. The van der Waals surface area contributed by atoms with Gasteiger partial charge < -0.3 is 19.8 Å². The summed E-state index contributed by atoms with van der Waals surface area (Å²) in [6.45, 7) is 3.29. The van der Waals surface area contributed by atoms with E-state index >= 15 is 0 Å². The predicted octanol–water partition coefficient (Wildman–Crippen LogP) is 1.68. The van der Waals surface area contributed by atoms with Crippen LogP contribution in [0.25, 0.3) is 0 Å². The molecule has 1 aromatic heterocycles. The minimum Gasteiger partial charge on any atom is -0.496 e. The number of imide groups is 1. The van der Waals surface area contributed by atoms with Gasteiger partial charge in [-0.05, 0) is 49.2 Å². The first-order valence-electron chi connectivity index (χ1n) is 8.43. The quantitative estimate of drug-likeness (QED) is 0.753. The van der Waals surface area contributed by atoms with Crippen molar-refractivity contribution in [2.45, 2.75) is 25.9 Å². The number of nitrogens with zero attached hydrogens (tertiary/aromatic N) is 1. The van der Waals surface area contributed by atoms with Crippen LogP contribution in [-0.2, 0) is 21.7 Å². The van der Waals surface area contributed by atoms with Gasteiger partial charge in [-0.25, -0.2) is 4.79 Å². The molecule has 2 heterocycles. The SMILES string of the molecule is COc1ccc(C2(C)NC(=O)N(CC(=O)NCc3ccco3)C2=O)cc1C. The third kappa shape index (κ3) is 3.51. The Bertz CT molecular complexity index is 877. The molecule has 2 N–H and O–H groups in total. The lowest BCUT2D eigenvalue weighted by Crippen LogP contribution is -2.43. The molecule has 0 bridgehead atoms. The van der Waals surface area contributed by atoms with Gasteiger partial charge in [-0.1, -0.05) is 6.07 Å². The number of nitrogens with one attached hydrogen (secondary N) is 2. The Hall–Kier alpha value is -3.29. The third-order valence-corrected chi connectivity index (χ3v) is 4.59. The molecule has 0 radical (unpaired) electrons. The molecule has 142 valence electrons. The van der Waals surface area contributed by atoms with E-state index in [1.807, 2.05) is 6.92 Å². The first-order valence-corrected chi connectivity index (χ1v) is 8.43. The zero-order valence-corrected chi connectivity index (χ0v) is 15.4. The normalized spacial score (nSPS) is 19.1. The van der Waals surface area contributed by atoms with Gasteiger partial charge in [0.25, 0.3) is 5.91 Å². The average molecular weight is 371 g/mol. The van der Waals surface area contributed by atoms with E-state index in [4.69, 9.17) is 9.15 Å². The van der Waals surface area contributed by atoms with Gasteiger partial charge >= 0.3 is 6.03 Å². The van der Waals surface area contributed by atoms with Crippen molar-refractivity contribution >= 4 is 17.8 Å². The molecule has 1 saturated heterocycles. The summed E-state index contributed by atoms with van der Waals surface area (Å²) in [5.74, 6) is 0.336. The first-order chi connectivity index (χ1) is 12.8. The topological polar surface area (TPSA) is 101 Å². The van der Waals surface area contributed by atoms with Crippen LogP contribution < -0.4 is 15.4 Å². The van der Waals surface area contributed by atoms with E-state index in [2.05, 4.69) is 10.6 Å². The van der Waals surface area contributed by atoms with Gasteiger partial charge in [0, 0.05) is 0 Å². The molecule has 0 aliphatic carbocycles. The molecule has 27 heavy (non-hydrogen) atoms. The minimum atomic E-state index is -1.24. The van der Waals surface area contributed by atoms with Crippen LogP contribution >= 0.6 is 0 Å². The summed E-state index contributed by atoms with van der Waals surface area (Å²) in [4.78, 5) is 38.2. The van der Waals surface area contributed by atoms with E-state index in [-0.39, 0.29) is 13.1 Å². The van der Waals surface area contributed by atoms with Gasteiger partial charge in [0.15, 0.2) is 0 Å². The zero-order chi connectivity index (χ0) is 19.6. The minimum absolute atomic E-state index is 0.185. The number of urea groups is 1. The molecule has 8 nitrogen and oxygen atoms in total. The lowest BCUT2D eigenvalue weighted by atomic mass is 9.90. The number of amides is 4. The highest BCUT2D eigenvalue weighted by atomic mass is 16.5. The highest BCUT2D eigenvalue weighted by Crippen LogP contribution is 2.31. The molecule has 1 aliphatic rings. The number of furan rings is 1. The summed E-state index contributed by atoms with van der Waals surface area (Å²) < 4.78 is 10.4. The molecule has 1 unspecified atom stereocenters. The van der Waals surface area contributed by atoms with Crippen LogP contribution in [0.3, 0.4) is 0 Å². The molecule has 1 aliphatic heterocycles. The predicted molar refractivity (Wildman–Crippen MR) is 95.9 cm³/mol. The first kappa shape index (κ1) is 18.5. The lowest BCUT2D eigenvalue weighted by Gasteiger charge is -2.23. The molecular formula is C19H21N3O5. The van der Waals surface area contributed by atoms with Gasteiger partial charge in [0.05, 0.1) is 19.9 Å². The highest BCUT2D eigenvalue weighted by Gasteiger charge is 2.49. The van der Waals surface area contributed by atoms with Crippen LogP contribution in [0.1, 0.15) is 23.8 Å². The van der Waals surface area contributed by atoms with Gasteiger partial charge in [0.2, 0.25) is 5.91 Å². The van der Waals surface area contributed by atoms with E-state index in [9.17, 15) is 14.4 Å². The van der Waals surface area contributed by atoms with Gasteiger partial charge in [0.1, 0.15) is 23.6 Å². The fourth-order valence-electron chi connectivity index (χ4n) is 3.02. The second-order valence-electron chi connectivity index (χ2n) is 6.49. The summed E-state index contributed by atoms with van der Waals surface area (Å²) in [6.07, 6.45) is 1.50. The smallest absolute Gasteiger partial charge is 0.325 e. The molecule has 3 rings (SSSR count). The van der Waals surface area contributed by atoms with Gasteiger partial charge in [-0.15, -0.1) is 0 Å². The monoisotopic (exact) mass is 371 g/mol. The van der Waals surface area contributed by atoms with Gasteiger partial charge in [-0.2, -0.15) is 0 Å². The van der Waals surface area contributed by atoms with Crippen molar-refractivity contribution in [3.8, 4) is 5.75 Å². The summed E-state index contributed by atoms with van der Waals surface area (Å²) in [5.41, 5.74) is 0.223. The van der Waals surface area contributed by atoms with Crippen LogP contribution in [0.4, 0.5) is 4.79 Å². The highest BCUT2D eigenvalue weighted by molar-refractivity contribution is 6.09. The Morgan fingerprint density at radius 1 is 1.33 bits per heavy atom. The second-order valence-corrected chi connectivity index (χ2v) is 6.49. The Morgan fingerprint density at radius 2 is 2.11 bits per heavy atom. The maximum Gasteiger partial charge on any atom is 0.325 e. The molecule has 0 saturated carbocycles. The van der Waals surface area contributed by atoms with Crippen LogP contribution in [0, 0.1) is 6.92 Å². The number of carbonyl (C=O) groups is 3. The molecule has 8 heteroatoms. The third-order valence-electron chi connectivity index (χ3n) is 4.59. The Kier molecular flexibility index (Phi) is 4.89. The van der Waals surface area contributed by atoms with E-state index in [1.54, 1.807) is 44.4 Å². The van der Waals surface area contributed by atoms with Crippen molar-refractivity contribution < 1.29 is 23.5 Å². The van der Waals surface area contributed by atoms with Crippen molar-refractivity contribution in [3.63, 3.8) is 0 Å². The van der Waals surface area contributed by atoms with E-state index in [0.29, 0.717) is 17.1 Å². The fraction of sp³-hybridized carbons (Fsp3) is 0.316. The van der Waals surface area contributed by atoms with Crippen LogP contribution in [0.15, 0.2) is 41.0 Å². The molecule has 1 fully saturated rings. The van der Waals surface area contributed by atoms with E-state index in [0.717, 1.165) is 10.5 Å². The maximum absolute atomic E-state index is 12.9. The number of carbonyl (C=O) groups excluding carboxylic acids is 3. The summed E-state index contributed by atoms with van der Waals surface area (Å²) in [5, 5.41) is 5.31. The number of hydrogen-bond acceptors (Lipinski definition) is 5. The summed E-state index contributed by atoms with van der Waals surface area (Å²) >= 11 is 0. The molecule has 2 aromatic rings. The second kappa shape index (κ2) is 7.14. The van der Waals surface area contributed by atoms with Crippen LogP contribution in [0.2, 0.25) is 0 Å². The van der Waals surface area contributed by atoms with Crippen LogP contribution in [-0.4, -0.2) is 36.4 Å². The van der Waals surface area contributed by atoms with Gasteiger partial charge in [-0.3, -0.25) is 14.5 Å². The summed E-state index contributed by atoms with van der Waals surface area (Å²) in [6, 6.07) is 8.08. The number of hydrogen-bond donors (Lipinski definition) is 2. The van der Waals surface area contributed by atoms with Crippen LogP contribution in [0.5, 0.6) is 5.75 Å². The van der Waals surface area contributed by atoms with Crippen molar-refractivity contribution in [3.05, 3.63) is 53.5 Å². The van der Waals surface area contributed by atoms with E-state index in [1.165, 1.54) is 6.26 Å². The Morgan fingerprint density at radius 3 is 2.74 bits per heavy atom. The standard InChI is InChI=1S/C19H21N3O5/c1-12-9-13(6-7-15(12)26-3)19(2)17(24)22(18(25)21-19)11-16(23)20-10-14-5-4-8-27-14/h4-9H,10-11H2,1-3H3,(H,20,23)(H,21,25). The lowest BCUT2D eigenvalue weighted by molar-refractivity contribution is -0.134. The molecule has 1 atom stereocenters. The molecular weight excluding hydrogens is 350 g/mol.